The minimum absolute atomic E-state index is 0.178. The zero-order chi connectivity index (χ0) is 19.6. The molecule has 10 nitrogen and oxygen atoms in total. The summed E-state index contributed by atoms with van der Waals surface area (Å²) < 4.78 is 40.2. The third-order valence-electron chi connectivity index (χ3n) is 2.99. The van der Waals surface area contributed by atoms with Gasteiger partial charge in [-0.15, -0.1) is 10.2 Å². The van der Waals surface area contributed by atoms with Gasteiger partial charge in [0.1, 0.15) is 12.5 Å². The molecule has 2 heterocycles. The van der Waals surface area contributed by atoms with Crippen molar-refractivity contribution in [3.05, 3.63) is 47.9 Å². The highest BCUT2D eigenvalue weighted by molar-refractivity contribution is 7.79. The Kier molecular flexibility index (Phi) is 8.54. The predicted molar refractivity (Wildman–Crippen MR) is 103 cm³/mol. The fourth-order valence-electron chi connectivity index (χ4n) is 1.95. The first kappa shape index (κ1) is 21.2. The summed E-state index contributed by atoms with van der Waals surface area (Å²) in [6, 6.07) is 10.5. The number of rotatable bonds is 9. The van der Waals surface area contributed by atoms with Crippen LogP contribution in [0, 0.1) is 6.92 Å². The smallest absolute Gasteiger partial charge is 0.290 e. The lowest BCUT2D eigenvalue weighted by molar-refractivity contribution is 0.333. The molecule has 0 fully saturated rings. The first-order chi connectivity index (χ1) is 13.1. The molecule has 12 heteroatoms. The van der Waals surface area contributed by atoms with Crippen molar-refractivity contribution in [1.29, 1.82) is 0 Å². The van der Waals surface area contributed by atoms with E-state index in [1.54, 1.807) is 28.8 Å². The Bertz CT molecular complexity index is 883. The number of fused-ring (bicyclic) bond motifs is 1. The molecule has 2 aromatic heterocycles. The van der Waals surface area contributed by atoms with Crippen molar-refractivity contribution in [3.8, 4) is 5.75 Å². The molecule has 27 heavy (non-hydrogen) atoms. The topological polar surface area (TPSA) is 123 Å². The van der Waals surface area contributed by atoms with Crippen molar-refractivity contribution in [2.24, 2.45) is 0 Å². The average molecular weight is 415 g/mol. The van der Waals surface area contributed by atoms with Crippen molar-refractivity contribution in [1.82, 2.24) is 29.3 Å². The van der Waals surface area contributed by atoms with Crippen molar-refractivity contribution in [2.45, 2.75) is 27.3 Å². The summed E-state index contributed by atoms with van der Waals surface area (Å²) in [4.78, 5) is 0. The molecule has 0 spiro atoms. The van der Waals surface area contributed by atoms with Crippen LogP contribution in [0.3, 0.4) is 0 Å². The van der Waals surface area contributed by atoms with E-state index in [1.807, 2.05) is 32.9 Å². The van der Waals surface area contributed by atoms with Gasteiger partial charge in [0.2, 0.25) is 11.3 Å². The molecule has 3 aromatic rings. The first-order valence-corrected chi connectivity index (χ1v) is 10.3. The molecule has 1 aromatic carbocycles. The van der Waals surface area contributed by atoms with Crippen LogP contribution in [0.5, 0.6) is 5.75 Å². The van der Waals surface area contributed by atoms with E-state index in [2.05, 4.69) is 24.7 Å². The number of benzene rings is 1. The molecular weight excluding hydrogens is 392 g/mol. The highest BCUT2D eigenvalue weighted by Gasteiger charge is 2.10. The molecule has 0 bridgehead atoms. The van der Waals surface area contributed by atoms with Crippen LogP contribution in [0.25, 0.3) is 5.65 Å². The molecule has 148 valence electrons. The summed E-state index contributed by atoms with van der Waals surface area (Å²) in [5, 5.41) is 11.0. The molecule has 0 saturated heterocycles. The van der Waals surface area contributed by atoms with Crippen LogP contribution in [0.1, 0.15) is 25.4 Å². The quantitative estimate of drug-likeness (QED) is 0.453. The number of nitrogens with one attached hydrogen (secondary N) is 3. The van der Waals surface area contributed by atoms with Crippen LogP contribution in [0.15, 0.2) is 36.4 Å². The van der Waals surface area contributed by atoms with E-state index >= 15 is 0 Å². The summed E-state index contributed by atoms with van der Waals surface area (Å²) in [6.45, 7) is 5.85. The zero-order valence-electron chi connectivity index (χ0n) is 15.2. The SMILES string of the molecule is CC.Cc1cc2nnc(CNS(=O)OCNS(=O)Oc3ccccc3)n2[nH]1. The van der Waals surface area contributed by atoms with E-state index in [0.29, 0.717) is 17.2 Å². The molecule has 0 saturated carbocycles. The molecule has 2 atom stereocenters. The molecule has 0 radical (unpaired) electrons. The predicted octanol–water partition coefficient (Wildman–Crippen LogP) is 1.28. The third kappa shape index (κ3) is 6.52. The van der Waals surface area contributed by atoms with E-state index in [9.17, 15) is 8.42 Å². The second kappa shape index (κ2) is 10.9. The summed E-state index contributed by atoms with van der Waals surface area (Å²) >= 11 is -3.61. The number of hydrogen-bond acceptors (Lipinski definition) is 6. The second-order valence-corrected chi connectivity index (χ2v) is 6.76. The van der Waals surface area contributed by atoms with Gasteiger partial charge >= 0.3 is 0 Å². The van der Waals surface area contributed by atoms with Crippen LogP contribution in [-0.2, 0) is 33.3 Å². The largest absolute Gasteiger partial charge is 0.389 e. The third-order valence-corrected chi connectivity index (χ3v) is 4.40. The van der Waals surface area contributed by atoms with E-state index < -0.39 is 22.5 Å². The average Bonchev–Trinajstić information content (AvgIpc) is 3.21. The highest BCUT2D eigenvalue weighted by Crippen LogP contribution is 2.09. The maximum atomic E-state index is 11.7. The number of para-hydroxylation sites is 1. The van der Waals surface area contributed by atoms with Gasteiger partial charge in [-0.25, -0.2) is 13.4 Å². The van der Waals surface area contributed by atoms with Crippen LogP contribution < -0.4 is 13.6 Å². The summed E-state index contributed by atoms with van der Waals surface area (Å²) in [5.41, 5.74) is 1.62. The maximum absolute atomic E-state index is 11.7. The van der Waals surface area contributed by atoms with Crippen LogP contribution >= 0.6 is 0 Å². The molecule has 0 aliphatic heterocycles. The van der Waals surface area contributed by atoms with Gasteiger partial charge in [-0.3, -0.25) is 9.28 Å². The van der Waals surface area contributed by atoms with Gasteiger partial charge in [0.15, 0.2) is 11.5 Å². The molecular formula is C15H22N6O4S2. The van der Waals surface area contributed by atoms with Gasteiger partial charge in [0.05, 0.1) is 6.54 Å². The van der Waals surface area contributed by atoms with Crippen molar-refractivity contribution >= 4 is 28.2 Å². The highest BCUT2D eigenvalue weighted by atomic mass is 32.2. The zero-order valence-corrected chi connectivity index (χ0v) is 16.8. The Hall–Kier alpha value is -2.12. The molecule has 0 amide bonds. The minimum atomic E-state index is -1.81. The van der Waals surface area contributed by atoms with Crippen molar-refractivity contribution < 1.29 is 16.8 Å². The van der Waals surface area contributed by atoms with E-state index in [0.717, 1.165) is 5.69 Å². The number of H-pyrrole nitrogens is 1. The van der Waals surface area contributed by atoms with Gasteiger partial charge in [0.25, 0.3) is 11.3 Å². The number of aryl methyl sites for hydroxylation is 1. The Morgan fingerprint density at radius 1 is 1.11 bits per heavy atom. The van der Waals surface area contributed by atoms with Crippen molar-refractivity contribution in [2.75, 3.05) is 6.73 Å². The Morgan fingerprint density at radius 3 is 2.59 bits per heavy atom. The normalized spacial score (nSPS) is 13.0. The van der Waals surface area contributed by atoms with E-state index in [4.69, 9.17) is 8.37 Å². The molecule has 2 unspecified atom stereocenters. The number of aromatic amines is 1. The summed E-state index contributed by atoms with van der Waals surface area (Å²) in [6.07, 6.45) is 0. The lowest BCUT2D eigenvalue weighted by Crippen LogP contribution is -2.28. The fourth-order valence-corrected chi connectivity index (χ4v) is 3.02. The van der Waals surface area contributed by atoms with Crippen LogP contribution in [-0.4, -0.2) is 35.0 Å². The second-order valence-electron chi connectivity index (χ2n) is 4.84. The monoisotopic (exact) mass is 414 g/mol. The van der Waals surface area contributed by atoms with Gasteiger partial charge in [-0.1, -0.05) is 32.0 Å². The summed E-state index contributed by atoms with van der Waals surface area (Å²) in [5.74, 6) is 1.01. The summed E-state index contributed by atoms with van der Waals surface area (Å²) in [7, 11) is 0. The van der Waals surface area contributed by atoms with Gasteiger partial charge in [0, 0.05) is 11.8 Å². The van der Waals surface area contributed by atoms with E-state index in [-0.39, 0.29) is 13.3 Å². The van der Waals surface area contributed by atoms with Gasteiger partial charge < -0.3 is 4.18 Å². The molecule has 3 N–H and O–H groups in total. The number of aromatic nitrogens is 4. The first-order valence-electron chi connectivity index (χ1n) is 8.18. The minimum Gasteiger partial charge on any atom is -0.389 e. The number of nitrogens with zero attached hydrogens (tertiary/aromatic N) is 3. The lowest BCUT2D eigenvalue weighted by atomic mass is 10.3. The molecule has 0 aliphatic carbocycles. The standard InChI is InChI=1S/C13H16N6O4S2.C2H6/c1-10-7-12-16-17-13(19(12)18-10)8-14-24(20)22-9-15-25(21)23-11-5-3-2-4-6-11;1-2/h2-7,14-15,18H,8-9H2,1H3;1-2H3. The van der Waals surface area contributed by atoms with Crippen LogP contribution in [0.4, 0.5) is 0 Å². The lowest BCUT2D eigenvalue weighted by Gasteiger charge is -2.06. The Balaban J connectivity index is 0.00000126. The fraction of sp³-hybridized carbons (Fsp3) is 0.333. The Morgan fingerprint density at radius 2 is 1.85 bits per heavy atom. The van der Waals surface area contributed by atoms with E-state index in [1.165, 1.54) is 0 Å². The van der Waals surface area contributed by atoms with Gasteiger partial charge in [-0.05, 0) is 19.1 Å². The van der Waals surface area contributed by atoms with Crippen LogP contribution in [0.2, 0.25) is 0 Å². The maximum Gasteiger partial charge on any atom is 0.290 e. The van der Waals surface area contributed by atoms with Crippen molar-refractivity contribution in [3.63, 3.8) is 0 Å². The Labute approximate surface area is 162 Å². The number of hydrogen-bond donors (Lipinski definition) is 3. The molecule has 3 rings (SSSR count). The van der Waals surface area contributed by atoms with Gasteiger partial charge in [-0.2, -0.15) is 8.93 Å². The molecule has 0 aliphatic rings.